The molecule has 18 heavy (non-hydrogen) atoms. The van der Waals surface area contributed by atoms with Gasteiger partial charge in [0.2, 0.25) is 5.78 Å². The fourth-order valence-electron chi connectivity index (χ4n) is 1.45. The molecule has 0 saturated heterocycles. The molecule has 94 valence electrons. The van der Waals surface area contributed by atoms with Crippen LogP contribution in [0.4, 0.5) is 5.69 Å². The molecule has 3 nitrogen and oxygen atoms in total. The molecule has 0 aliphatic carbocycles. The molecular formula is C12H9BrClNO2S. The van der Waals surface area contributed by atoms with Gasteiger partial charge in [-0.05, 0) is 40.2 Å². The molecular weight excluding hydrogens is 338 g/mol. The fraction of sp³-hybridized carbons (Fsp3) is 0.0833. The van der Waals surface area contributed by atoms with Crippen LogP contribution < -0.4 is 10.5 Å². The number of carbonyl (C=O) groups excluding carboxylic acids is 1. The van der Waals surface area contributed by atoms with Gasteiger partial charge in [-0.3, -0.25) is 4.79 Å². The summed E-state index contributed by atoms with van der Waals surface area (Å²) in [4.78, 5) is 12.8. The van der Waals surface area contributed by atoms with Crippen LogP contribution in [0.2, 0.25) is 4.34 Å². The minimum atomic E-state index is -0.163. The zero-order valence-corrected chi connectivity index (χ0v) is 12.5. The maximum absolute atomic E-state index is 12.3. The average Bonchev–Trinajstić information content (AvgIpc) is 2.69. The SMILES string of the molecule is COc1ccc(N)c(C(=O)c2cc(Br)c(Cl)s2)c1. The molecule has 1 aromatic carbocycles. The van der Waals surface area contributed by atoms with Crippen LogP contribution in [0.3, 0.4) is 0 Å². The number of benzene rings is 1. The molecule has 1 aromatic heterocycles. The van der Waals surface area contributed by atoms with E-state index in [2.05, 4.69) is 15.9 Å². The zero-order chi connectivity index (χ0) is 13.3. The number of thiophene rings is 1. The normalized spacial score (nSPS) is 10.4. The maximum Gasteiger partial charge on any atom is 0.205 e. The third kappa shape index (κ3) is 2.53. The second-order valence-corrected chi connectivity index (χ2v) is 6.02. The van der Waals surface area contributed by atoms with E-state index in [4.69, 9.17) is 22.1 Å². The third-order valence-electron chi connectivity index (χ3n) is 2.37. The van der Waals surface area contributed by atoms with Gasteiger partial charge in [-0.2, -0.15) is 0 Å². The van der Waals surface area contributed by atoms with E-state index in [-0.39, 0.29) is 5.78 Å². The van der Waals surface area contributed by atoms with Gasteiger partial charge in [0.1, 0.15) is 10.1 Å². The van der Waals surface area contributed by atoms with Gasteiger partial charge in [-0.1, -0.05) is 11.6 Å². The van der Waals surface area contributed by atoms with Crippen LogP contribution >= 0.6 is 38.9 Å². The smallest absolute Gasteiger partial charge is 0.205 e. The highest BCUT2D eigenvalue weighted by molar-refractivity contribution is 9.10. The highest BCUT2D eigenvalue weighted by atomic mass is 79.9. The number of hydrogen-bond acceptors (Lipinski definition) is 4. The summed E-state index contributed by atoms with van der Waals surface area (Å²) in [5.41, 5.74) is 6.65. The van der Waals surface area contributed by atoms with E-state index in [1.54, 1.807) is 31.4 Å². The lowest BCUT2D eigenvalue weighted by Gasteiger charge is -2.06. The van der Waals surface area contributed by atoms with Crippen LogP contribution in [0.25, 0.3) is 0 Å². The van der Waals surface area contributed by atoms with Gasteiger partial charge >= 0.3 is 0 Å². The minimum absolute atomic E-state index is 0.163. The Bertz CT molecular complexity index is 593. The van der Waals surface area contributed by atoms with Crippen LogP contribution in [-0.4, -0.2) is 12.9 Å². The predicted molar refractivity (Wildman–Crippen MR) is 77.9 cm³/mol. The molecule has 0 aliphatic heterocycles. The Morgan fingerprint density at radius 3 is 2.72 bits per heavy atom. The van der Waals surface area contributed by atoms with Crippen LogP contribution in [0, 0.1) is 0 Å². The lowest BCUT2D eigenvalue weighted by Crippen LogP contribution is -2.04. The Kier molecular flexibility index (Phi) is 3.94. The topological polar surface area (TPSA) is 52.3 Å². The Morgan fingerprint density at radius 2 is 2.17 bits per heavy atom. The van der Waals surface area contributed by atoms with Crippen molar-refractivity contribution in [3.05, 3.63) is 43.5 Å². The molecule has 0 radical (unpaired) electrons. The first-order valence-corrected chi connectivity index (χ1v) is 6.94. The molecule has 0 unspecified atom stereocenters. The van der Waals surface area contributed by atoms with Crippen molar-refractivity contribution >= 4 is 50.3 Å². The number of rotatable bonds is 3. The second kappa shape index (κ2) is 5.30. The van der Waals surface area contributed by atoms with E-state index >= 15 is 0 Å². The van der Waals surface area contributed by atoms with E-state index in [1.807, 2.05) is 0 Å². The van der Waals surface area contributed by atoms with Gasteiger partial charge in [0.05, 0.1) is 12.0 Å². The third-order valence-corrected chi connectivity index (χ3v) is 4.85. The number of anilines is 1. The summed E-state index contributed by atoms with van der Waals surface area (Å²) in [6, 6.07) is 6.67. The van der Waals surface area contributed by atoms with E-state index in [1.165, 1.54) is 11.3 Å². The summed E-state index contributed by atoms with van der Waals surface area (Å²) in [7, 11) is 1.54. The van der Waals surface area contributed by atoms with E-state index in [9.17, 15) is 4.79 Å². The van der Waals surface area contributed by atoms with Gasteiger partial charge in [0.15, 0.2) is 0 Å². The molecule has 0 bridgehead atoms. The van der Waals surface area contributed by atoms with Crippen molar-refractivity contribution in [2.45, 2.75) is 0 Å². The summed E-state index contributed by atoms with van der Waals surface area (Å²) in [6.45, 7) is 0. The number of carbonyl (C=O) groups is 1. The largest absolute Gasteiger partial charge is 0.497 e. The summed E-state index contributed by atoms with van der Waals surface area (Å²) >= 11 is 10.4. The van der Waals surface area contributed by atoms with Crippen molar-refractivity contribution in [1.82, 2.24) is 0 Å². The second-order valence-electron chi connectivity index (χ2n) is 3.51. The highest BCUT2D eigenvalue weighted by Gasteiger charge is 2.17. The van der Waals surface area contributed by atoms with Crippen LogP contribution in [0.5, 0.6) is 5.75 Å². The predicted octanol–water partition coefficient (Wildman–Crippen LogP) is 3.99. The lowest BCUT2D eigenvalue weighted by atomic mass is 10.1. The van der Waals surface area contributed by atoms with E-state index in [0.717, 1.165) is 0 Å². The first-order chi connectivity index (χ1) is 8.52. The van der Waals surface area contributed by atoms with Crippen molar-refractivity contribution < 1.29 is 9.53 Å². The number of halogens is 2. The minimum Gasteiger partial charge on any atom is -0.497 e. The summed E-state index contributed by atoms with van der Waals surface area (Å²) < 4.78 is 6.33. The lowest BCUT2D eigenvalue weighted by molar-refractivity contribution is 0.104. The monoisotopic (exact) mass is 345 g/mol. The molecule has 2 N–H and O–H groups in total. The van der Waals surface area contributed by atoms with E-state index in [0.29, 0.717) is 30.7 Å². The van der Waals surface area contributed by atoms with Crippen molar-refractivity contribution in [3.8, 4) is 5.75 Å². The first kappa shape index (κ1) is 13.4. The van der Waals surface area contributed by atoms with Gasteiger partial charge in [0, 0.05) is 15.7 Å². The summed E-state index contributed by atoms with van der Waals surface area (Å²) in [6.07, 6.45) is 0. The molecule has 0 aliphatic rings. The molecule has 0 amide bonds. The molecule has 0 atom stereocenters. The quantitative estimate of drug-likeness (QED) is 0.675. The average molecular weight is 347 g/mol. The summed E-state index contributed by atoms with van der Waals surface area (Å²) in [5.74, 6) is 0.429. The summed E-state index contributed by atoms with van der Waals surface area (Å²) in [5, 5.41) is 0. The molecule has 0 saturated carbocycles. The number of nitrogens with two attached hydrogens (primary N) is 1. The Hall–Kier alpha value is -1.04. The van der Waals surface area contributed by atoms with Crippen LogP contribution in [0.15, 0.2) is 28.7 Å². The molecule has 1 heterocycles. The molecule has 0 spiro atoms. The number of ketones is 1. The number of hydrogen-bond donors (Lipinski definition) is 1. The van der Waals surface area contributed by atoms with Gasteiger partial charge < -0.3 is 10.5 Å². The highest BCUT2D eigenvalue weighted by Crippen LogP contribution is 2.34. The zero-order valence-electron chi connectivity index (χ0n) is 9.37. The molecule has 2 rings (SSSR count). The fourth-order valence-corrected chi connectivity index (χ4v) is 3.11. The van der Waals surface area contributed by atoms with E-state index < -0.39 is 0 Å². The van der Waals surface area contributed by atoms with Crippen molar-refractivity contribution in [1.29, 1.82) is 0 Å². The van der Waals surface area contributed by atoms with Crippen molar-refractivity contribution in [3.63, 3.8) is 0 Å². The van der Waals surface area contributed by atoms with Crippen LogP contribution in [0.1, 0.15) is 15.2 Å². The molecule has 0 fully saturated rings. The Morgan fingerprint density at radius 1 is 1.44 bits per heavy atom. The van der Waals surface area contributed by atoms with Crippen molar-refractivity contribution in [2.75, 3.05) is 12.8 Å². The number of ether oxygens (including phenoxy) is 1. The first-order valence-electron chi connectivity index (χ1n) is 4.96. The molecule has 2 aromatic rings. The van der Waals surface area contributed by atoms with Crippen molar-refractivity contribution in [2.24, 2.45) is 0 Å². The standard InChI is InChI=1S/C12H9BrClNO2S/c1-17-6-2-3-9(15)7(4-6)11(16)10-5-8(13)12(14)18-10/h2-5H,15H2,1H3. The number of nitrogen functional groups attached to an aromatic ring is 1. The Balaban J connectivity index is 2.45. The molecule has 6 heteroatoms. The Labute approximate surface area is 122 Å². The number of methoxy groups -OCH3 is 1. The van der Waals surface area contributed by atoms with Gasteiger partial charge in [-0.15, -0.1) is 11.3 Å². The van der Waals surface area contributed by atoms with Gasteiger partial charge in [0.25, 0.3) is 0 Å². The van der Waals surface area contributed by atoms with Gasteiger partial charge in [-0.25, -0.2) is 0 Å². The van der Waals surface area contributed by atoms with Crippen LogP contribution in [-0.2, 0) is 0 Å². The maximum atomic E-state index is 12.3.